The third-order valence-electron chi connectivity index (χ3n) is 3.07. The van der Waals surface area contributed by atoms with Gasteiger partial charge >= 0.3 is 0 Å². The minimum absolute atomic E-state index is 0.0444. The van der Waals surface area contributed by atoms with Crippen LogP contribution in [0, 0.1) is 0 Å². The zero-order valence-corrected chi connectivity index (χ0v) is 10.1. The number of nitrogens with two attached hydrogens (primary N) is 1. The van der Waals surface area contributed by atoms with E-state index in [0.717, 1.165) is 24.4 Å². The van der Waals surface area contributed by atoms with Crippen LogP contribution in [0.5, 0.6) is 5.75 Å². The molecule has 2 N–H and O–H groups in total. The van der Waals surface area contributed by atoms with Crippen LogP contribution in [0.15, 0.2) is 24.3 Å². The summed E-state index contributed by atoms with van der Waals surface area (Å²) in [6, 6.07) is 7.81. The SMILES string of the molecule is COc1ccc(CN2C[C@@H](N)C[C@@H](F)C2)cc1. The Hall–Kier alpha value is -1.13. The van der Waals surface area contributed by atoms with Crippen molar-refractivity contribution in [2.24, 2.45) is 5.73 Å². The molecule has 0 aliphatic carbocycles. The molecule has 0 unspecified atom stereocenters. The summed E-state index contributed by atoms with van der Waals surface area (Å²) in [4.78, 5) is 2.07. The van der Waals surface area contributed by atoms with E-state index in [2.05, 4.69) is 4.90 Å². The summed E-state index contributed by atoms with van der Waals surface area (Å²) in [6.45, 7) is 2.00. The Morgan fingerprint density at radius 1 is 1.35 bits per heavy atom. The van der Waals surface area contributed by atoms with Gasteiger partial charge in [-0.25, -0.2) is 4.39 Å². The predicted molar refractivity (Wildman–Crippen MR) is 65.8 cm³/mol. The highest BCUT2D eigenvalue weighted by Gasteiger charge is 2.24. The molecule has 1 aromatic rings. The van der Waals surface area contributed by atoms with E-state index in [1.807, 2.05) is 24.3 Å². The monoisotopic (exact) mass is 238 g/mol. The van der Waals surface area contributed by atoms with Crippen LogP contribution in [0.25, 0.3) is 0 Å². The van der Waals surface area contributed by atoms with E-state index < -0.39 is 6.17 Å². The van der Waals surface area contributed by atoms with E-state index in [1.165, 1.54) is 0 Å². The van der Waals surface area contributed by atoms with Gasteiger partial charge in [-0.2, -0.15) is 0 Å². The Morgan fingerprint density at radius 3 is 2.65 bits per heavy atom. The summed E-state index contributed by atoms with van der Waals surface area (Å²) in [7, 11) is 1.65. The lowest BCUT2D eigenvalue weighted by Gasteiger charge is -2.32. The van der Waals surface area contributed by atoms with Crippen molar-refractivity contribution in [3.63, 3.8) is 0 Å². The molecular formula is C13H19FN2O. The fourth-order valence-corrected chi connectivity index (χ4v) is 2.28. The summed E-state index contributed by atoms with van der Waals surface area (Å²) in [5, 5.41) is 0. The minimum atomic E-state index is -0.794. The Bertz CT molecular complexity index is 345. The highest BCUT2D eigenvalue weighted by molar-refractivity contribution is 5.27. The average Bonchev–Trinajstić information content (AvgIpc) is 2.28. The largest absolute Gasteiger partial charge is 0.497 e. The molecule has 0 amide bonds. The fourth-order valence-electron chi connectivity index (χ4n) is 2.28. The molecule has 2 atom stereocenters. The third-order valence-corrected chi connectivity index (χ3v) is 3.07. The molecule has 3 nitrogen and oxygen atoms in total. The summed E-state index contributed by atoms with van der Waals surface area (Å²) in [5.41, 5.74) is 6.97. The fraction of sp³-hybridized carbons (Fsp3) is 0.538. The van der Waals surface area contributed by atoms with Crippen LogP contribution < -0.4 is 10.5 Å². The molecule has 2 rings (SSSR count). The number of rotatable bonds is 3. The van der Waals surface area contributed by atoms with Crippen LogP contribution in [0.3, 0.4) is 0 Å². The van der Waals surface area contributed by atoms with Crippen molar-refractivity contribution in [2.45, 2.75) is 25.2 Å². The summed E-state index contributed by atoms with van der Waals surface area (Å²) >= 11 is 0. The number of halogens is 1. The van der Waals surface area contributed by atoms with Crippen LogP contribution in [-0.4, -0.2) is 37.3 Å². The quantitative estimate of drug-likeness (QED) is 0.868. The van der Waals surface area contributed by atoms with Gasteiger partial charge in [0.05, 0.1) is 7.11 Å². The molecule has 17 heavy (non-hydrogen) atoms. The number of piperidine rings is 1. The van der Waals surface area contributed by atoms with Gasteiger partial charge in [-0.05, 0) is 24.1 Å². The molecule has 1 aliphatic heterocycles. The predicted octanol–water partition coefficient (Wildman–Crippen LogP) is 1.57. The van der Waals surface area contributed by atoms with Crippen LogP contribution in [-0.2, 0) is 6.54 Å². The van der Waals surface area contributed by atoms with Gasteiger partial charge in [0.25, 0.3) is 0 Å². The topological polar surface area (TPSA) is 38.5 Å². The normalized spacial score (nSPS) is 25.8. The smallest absolute Gasteiger partial charge is 0.118 e. The van der Waals surface area contributed by atoms with Gasteiger partial charge in [0, 0.05) is 25.7 Å². The molecule has 1 aliphatic rings. The first-order valence-electron chi connectivity index (χ1n) is 5.92. The number of ether oxygens (including phenoxy) is 1. The van der Waals surface area contributed by atoms with E-state index in [1.54, 1.807) is 7.11 Å². The molecule has 1 fully saturated rings. The lowest BCUT2D eigenvalue weighted by Crippen LogP contribution is -2.47. The first kappa shape index (κ1) is 12.3. The number of hydrogen-bond acceptors (Lipinski definition) is 3. The first-order valence-corrected chi connectivity index (χ1v) is 5.92. The highest BCUT2D eigenvalue weighted by Crippen LogP contribution is 2.17. The van der Waals surface area contributed by atoms with Gasteiger partial charge in [-0.1, -0.05) is 12.1 Å². The Morgan fingerprint density at radius 2 is 2.06 bits per heavy atom. The van der Waals surface area contributed by atoms with Crippen LogP contribution in [0.2, 0.25) is 0 Å². The Kier molecular flexibility index (Phi) is 3.97. The average molecular weight is 238 g/mol. The Labute approximate surface area is 101 Å². The van der Waals surface area contributed by atoms with Crippen molar-refractivity contribution in [1.82, 2.24) is 4.90 Å². The Balaban J connectivity index is 1.95. The maximum absolute atomic E-state index is 13.4. The molecule has 1 saturated heterocycles. The van der Waals surface area contributed by atoms with Gasteiger partial charge in [0.2, 0.25) is 0 Å². The van der Waals surface area contributed by atoms with E-state index >= 15 is 0 Å². The maximum atomic E-state index is 13.4. The third kappa shape index (κ3) is 3.41. The van der Waals surface area contributed by atoms with E-state index in [4.69, 9.17) is 10.5 Å². The summed E-state index contributed by atoms with van der Waals surface area (Å²) in [5.74, 6) is 0.840. The minimum Gasteiger partial charge on any atom is -0.497 e. The second-order valence-corrected chi connectivity index (χ2v) is 4.64. The lowest BCUT2D eigenvalue weighted by molar-refractivity contribution is 0.118. The van der Waals surface area contributed by atoms with Gasteiger partial charge in [0.1, 0.15) is 11.9 Å². The lowest BCUT2D eigenvalue weighted by atomic mass is 10.0. The van der Waals surface area contributed by atoms with Crippen molar-refractivity contribution in [3.8, 4) is 5.75 Å². The zero-order chi connectivity index (χ0) is 12.3. The number of nitrogens with zero attached hydrogens (tertiary/aromatic N) is 1. The molecule has 1 heterocycles. The molecule has 0 bridgehead atoms. The number of likely N-dealkylation sites (tertiary alicyclic amines) is 1. The van der Waals surface area contributed by atoms with Crippen LogP contribution in [0.4, 0.5) is 4.39 Å². The number of methoxy groups -OCH3 is 1. The molecule has 4 heteroatoms. The van der Waals surface area contributed by atoms with Crippen molar-refractivity contribution in [1.29, 1.82) is 0 Å². The van der Waals surface area contributed by atoms with Gasteiger partial charge in [-0.3, -0.25) is 4.90 Å². The van der Waals surface area contributed by atoms with E-state index in [0.29, 0.717) is 13.0 Å². The number of hydrogen-bond donors (Lipinski definition) is 1. The van der Waals surface area contributed by atoms with Crippen LogP contribution in [0.1, 0.15) is 12.0 Å². The molecular weight excluding hydrogens is 219 g/mol. The zero-order valence-electron chi connectivity index (χ0n) is 10.1. The second-order valence-electron chi connectivity index (χ2n) is 4.64. The van der Waals surface area contributed by atoms with E-state index in [-0.39, 0.29) is 6.04 Å². The van der Waals surface area contributed by atoms with Crippen molar-refractivity contribution >= 4 is 0 Å². The molecule has 1 aromatic carbocycles. The van der Waals surface area contributed by atoms with Crippen molar-refractivity contribution in [3.05, 3.63) is 29.8 Å². The number of alkyl halides is 1. The van der Waals surface area contributed by atoms with Crippen LogP contribution >= 0.6 is 0 Å². The van der Waals surface area contributed by atoms with Crippen molar-refractivity contribution < 1.29 is 9.13 Å². The van der Waals surface area contributed by atoms with Gasteiger partial charge in [-0.15, -0.1) is 0 Å². The molecule has 0 saturated carbocycles. The van der Waals surface area contributed by atoms with Gasteiger partial charge in [0.15, 0.2) is 0 Å². The van der Waals surface area contributed by atoms with E-state index in [9.17, 15) is 4.39 Å². The second kappa shape index (κ2) is 5.47. The first-order chi connectivity index (χ1) is 8.17. The summed E-state index contributed by atoms with van der Waals surface area (Å²) in [6.07, 6.45) is -0.309. The number of benzene rings is 1. The maximum Gasteiger partial charge on any atom is 0.118 e. The molecule has 94 valence electrons. The molecule has 0 aromatic heterocycles. The van der Waals surface area contributed by atoms with Gasteiger partial charge < -0.3 is 10.5 Å². The van der Waals surface area contributed by atoms with Crippen molar-refractivity contribution in [2.75, 3.05) is 20.2 Å². The summed E-state index contributed by atoms with van der Waals surface area (Å²) < 4.78 is 18.5. The highest BCUT2D eigenvalue weighted by atomic mass is 19.1. The molecule has 0 radical (unpaired) electrons. The molecule has 0 spiro atoms. The standard InChI is InChI=1S/C13H19FN2O/c1-17-13-4-2-10(3-5-13)7-16-8-11(14)6-12(15)9-16/h2-5,11-12H,6-9,15H2,1H3/t11-,12+/m1/s1.